The van der Waals surface area contributed by atoms with Gasteiger partial charge in [0.1, 0.15) is 11.4 Å². The van der Waals surface area contributed by atoms with Crippen molar-refractivity contribution in [3.05, 3.63) is 88.6 Å². The van der Waals surface area contributed by atoms with Crippen LogP contribution in [0.1, 0.15) is 22.3 Å². The average molecular weight is 358 g/mol. The van der Waals surface area contributed by atoms with Crippen molar-refractivity contribution < 1.29 is 4.79 Å². The molecule has 134 valence electrons. The van der Waals surface area contributed by atoms with Crippen LogP contribution in [0.15, 0.2) is 71.9 Å². The number of H-pyrrole nitrogens is 1. The number of aromatic nitrogens is 3. The number of pyridine rings is 1. The second kappa shape index (κ2) is 7.37. The van der Waals surface area contributed by atoms with Gasteiger partial charge in [-0.15, -0.1) is 0 Å². The highest BCUT2D eigenvalue weighted by Gasteiger charge is 2.22. The molecule has 0 radical (unpaired) electrons. The summed E-state index contributed by atoms with van der Waals surface area (Å²) in [5, 5.41) is 0. The minimum absolute atomic E-state index is 0.0548. The number of aromatic amines is 1. The molecule has 0 unspecified atom stereocenters. The molecule has 0 aliphatic carbocycles. The van der Waals surface area contributed by atoms with Crippen molar-refractivity contribution in [2.45, 2.75) is 6.42 Å². The van der Waals surface area contributed by atoms with E-state index in [0.29, 0.717) is 24.5 Å². The van der Waals surface area contributed by atoms with E-state index in [1.807, 2.05) is 24.3 Å². The highest BCUT2D eigenvalue weighted by molar-refractivity contribution is 5.94. The van der Waals surface area contributed by atoms with Gasteiger partial charge < -0.3 is 9.88 Å². The molecule has 0 atom stereocenters. The van der Waals surface area contributed by atoms with E-state index in [0.717, 1.165) is 6.42 Å². The third-order valence-corrected chi connectivity index (χ3v) is 4.61. The average Bonchev–Trinajstić information content (AvgIpc) is 2.74. The molecule has 1 N–H and O–H groups in total. The molecule has 3 heterocycles. The van der Waals surface area contributed by atoms with Crippen LogP contribution in [0.5, 0.6) is 0 Å². The Bertz CT molecular complexity index is 1040. The second-order valence-corrected chi connectivity index (χ2v) is 6.31. The molecule has 1 amide bonds. The summed E-state index contributed by atoms with van der Waals surface area (Å²) < 4.78 is 0. The van der Waals surface area contributed by atoms with Gasteiger partial charge in [-0.1, -0.05) is 36.4 Å². The van der Waals surface area contributed by atoms with Crippen LogP contribution >= 0.6 is 0 Å². The van der Waals surface area contributed by atoms with Gasteiger partial charge in [-0.2, -0.15) is 0 Å². The lowest BCUT2D eigenvalue weighted by Crippen LogP contribution is -2.37. The molecule has 0 saturated carbocycles. The maximum atomic E-state index is 12.7. The Morgan fingerprint density at radius 2 is 1.85 bits per heavy atom. The summed E-state index contributed by atoms with van der Waals surface area (Å²) in [7, 11) is 0. The molecule has 0 saturated heterocycles. The number of amides is 1. The van der Waals surface area contributed by atoms with Gasteiger partial charge in [0.05, 0.1) is 0 Å². The lowest BCUT2D eigenvalue weighted by Gasteiger charge is -2.26. The molecule has 6 nitrogen and oxygen atoms in total. The fraction of sp³-hybridized carbons (Fsp3) is 0.143. The van der Waals surface area contributed by atoms with E-state index in [1.54, 1.807) is 29.4 Å². The molecule has 0 fully saturated rings. The molecular weight excluding hydrogens is 340 g/mol. The number of rotatable bonds is 3. The zero-order chi connectivity index (χ0) is 18.6. The van der Waals surface area contributed by atoms with Crippen LogP contribution < -0.4 is 5.56 Å². The molecule has 0 spiro atoms. The summed E-state index contributed by atoms with van der Waals surface area (Å²) in [6.45, 7) is 1.05. The summed E-state index contributed by atoms with van der Waals surface area (Å²) in [6.07, 6.45) is 7.41. The van der Waals surface area contributed by atoms with Gasteiger partial charge in [0.25, 0.3) is 11.5 Å². The molecule has 1 aliphatic rings. The number of carbonyl (C=O) groups excluding carboxylic acids is 1. The SMILES string of the molecule is O=C(c1cnc(-c2cccnc2)[nH]c1=O)N1CC=C(c2ccccc2)CC1. The maximum Gasteiger partial charge on any atom is 0.264 e. The van der Waals surface area contributed by atoms with Crippen LogP contribution in [0, 0.1) is 0 Å². The van der Waals surface area contributed by atoms with E-state index < -0.39 is 5.56 Å². The van der Waals surface area contributed by atoms with Crippen molar-refractivity contribution in [2.75, 3.05) is 13.1 Å². The fourth-order valence-electron chi connectivity index (χ4n) is 3.14. The van der Waals surface area contributed by atoms with Crippen LogP contribution in [-0.2, 0) is 0 Å². The van der Waals surface area contributed by atoms with E-state index in [1.165, 1.54) is 17.3 Å². The molecule has 27 heavy (non-hydrogen) atoms. The second-order valence-electron chi connectivity index (χ2n) is 6.31. The quantitative estimate of drug-likeness (QED) is 0.781. The minimum atomic E-state index is -0.438. The van der Waals surface area contributed by atoms with E-state index in [9.17, 15) is 9.59 Å². The van der Waals surface area contributed by atoms with Crippen LogP contribution in [0.4, 0.5) is 0 Å². The summed E-state index contributed by atoms with van der Waals surface area (Å²) in [5.74, 6) is 0.0967. The summed E-state index contributed by atoms with van der Waals surface area (Å²) in [6, 6.07) is 13.7. The van der Waals surface area contributed by atoms with E-state index in [4.69, 9.17) is 0 Å². The Labute approximate surface area is 156 Å². The topological polar surface area (TPSA) is 79.0 Å². The van der Waals surface area contributed by atoms with Gasteiger partial charge >= 0.3 is 0 Å². The smallest absolute Gasteiger partial charge is 0.264 e. The van der Waals surface area contributed by atoms with Crippen LogP contribution in [0.25, 0.3) is 17.0 Å². The first-order valence-corrected chi connectivity index (χ1v) is 8.76. The summed E-state index contributed by atoms with van der Waals surface area (Å²) in [5.41, 5.74) is 2.71. The standard InChI is InChI=1S/C21H18N4O2/c26-20-18(14-23-19(24-20)17-7-4-10-22-13-17)21(27)25-11-8-16(9-12-25)15-5-2-1-3-6-15/h1-8,10,13-14H,9,11-12H2,(H,23,24,26). The van der Waals surface area contributed by atoms with Crippen molar-refractivity contribution in [1.82, 2.24) is 19.9 Å². The van der Waals surface area contributed by atoms with Crippen molar-refractivity contribution in [3.8, 4) is 11.4 Å². The molecule has 1 aromatic carbocycles. The van der Waals surface area contributed by atoms with Gasteiger partial charge in [-0.3, -0.25) is 14.6 Å². The van der Waals surface area contributed by atoms with Gasteiger partial charge in [-0.05, 0) is 29.7 Å². The summed E-state index contributed by atoms with van der Waals surface area (Å²) in [4.78, 5) is 37.7. The highest BCUT2D eigenvalue weighted by Crippen LogP contribution is 2.22. The van der Waals surface area contributed by atoms with Gasteiger partial charge in [0.2, 0.25) is 0 Å². The molecule has 0 bridgehead atoms. The Hall–Kier alpha value is -3.54. The van der Waals surface area contributed by atoms with Crippen molar-refractivity contribution >= 4 is 11.5 Å². The largest absolute Gasteiger partial charge is 0.334 e. The van der Waals surface area contributed by atoms with Crippen molar-refractivity contribution in [2.24, 2.45) is 0 Å². The zero-order valence-electron chi connectivity index (χ0n) is 14.6. The predicted octanol–water partition coefficient (Wildman–Crippen LogP) is 2.76. The molecule has 6 heteroatoms. The van der Waals surface area contributed by atoms with Crippen molar-refractivity contribution in [3.63, 3.8) is 0 Å². The molecule has 2 aromatic heterocycles. The van der Waals surface area contributed by atoms with Crippen LogP contribution in [0.2, 0.25) is 0 Å². The Kier molecular flexibility index (Phi) is 4.61. The molecular formula is C21H18N4O2. The minimum Gasteiger partial charge on any atom is -0.334 e. The van der Waals surface area contributed by atoms with Gasteiger partial charge in [0.15, 0.2) is 0 Å². The normalized spacial score (nSPS) is 13.9. The first-order valence-electron chi connectivity index (χ1n) is 8.76. The maximum absolute atomic E-state index is 12.7. The molecule has 3 aromatic rings. The Balaban J connectivity index is 1.52. The van der Waals surface area contributed by atoms with Gasteiger partial charge in [0, 0.05) is 37.2 Å². The number of benzene rings is 1. The lowest BCUT2D eigenvalue weighted by atomic mass is 9.99. The lowest BCUT2D eigenvalue weighted by molar-refractivity contribution is 0.0770. The third kappa shape index (κ3) is 3.55. The highest BCUT2D eigenvalue weighted by atomic mass is 16.2. The zero-order valence-corrected chi connectivity index (χ0v) is 14.6. The number of nitrogens with one attached hydrogen (secondary N) is 1. The first-order chi connectivity index (χ1) is 13.2. The third-order valence-electron chi connectivity index (χ3n) is 4.61. The first kappa shape index (κ1) is 16.9. The number of carbonyl (C=O) groups is 1. The monoisotopic (exact) mass is 358 g/mol. The van der Waals surface area contributed by atoms with Crippen LogP contribution in [-0.4, -0.2) is 38.8 Å². The van der Waals surface area contributed by atoms with E-state index in [2.05, 4.69) is 27.1 Å². The van der Waals surface area contributed by atoms with Crippen LogP contribution in [0.3, 0.4) is 0 Å². The van der Waals surface area contributed by atoms with E-state index >= 15 is 0 Å². The number of hydrogen-bond acceptors (Lipinski definition) is 4. The van der Waals surface area contributed by atoms with Crippen molar-refractivity contribution in [1.29, 1.82) is 0 Å². The summed E-state index contributed by atoms with van der Waals surface area (Å²) >= 11 is 0. The molecule has 1 aliphatic heterocycles. The molecule has 4 rings (SSSR count). The van der Waals surface area contributed by atoms with Gasteiger partial charge in [-0.25, -0.2) is 4.98 Å². The number of nitrogens with zero attached hydrogens (tertiary/aromatic N) is 3. The fourth-order valence-corrected chi connectivity index (χ4v) is 3.14. The predicted molar refractivity (Wildman–Crippen MR) is 103 cm³/mol. The number of hydrogen-bond donors (Lipinski definition) is 1. The Morgan fingerprint density at radius 3 is 2.52 bits per heavy atom. The Morgan fingerprint density at radius 1 is 1.04 bits per heavy atom. The van der Waals surface area contributed by atoms with E-state index in [-0.39, 0.29) is 11.5 Å².